The molecule has 0 aromatic heterocycles. The van der Waals surface area contributed by atoms with Crippen molar-refractivity contribution in [1.82, 2.24) is 9.96 Å². The van der Waals surface area contributed by atoms with Crippen LogP contribution in [0.1, 0.15) is 12.5 Å². The number of ether oxygens (including phenoxy) is 1. The van der Waals surface area contributed by atoms with Crippen LogP contribution in [0.2, 0.25) is 0 Å². The van der Waals surface area contributed by atoms with Gasteiger partial charge in [-0.15, -0.1) is 0 Å². The number of carbonyl (C=O) groups excluding carboxylic acids is 2. The van der Waals surface area contributed by atoms with Crippen LogP contribution in [-0.4, -0.2) is 48.8 Å². The zero-order valence-electron chi connectivity index (χ0n) is 12.5. The number of hydrogen-bond donors (Lipinski definition) is 0. The van der Waals surface area contributed by atoms with Gasteiger partial charge in [0.2, 0.25) is 0 Å². The maximum absolute atomic E-state index is 12.2. The van der Waals surface area contributed by atoms with E-state index in [0.717, 1.165) is 5.56 Å². The average Bonchev–Trinajstić information content (AvgIpc) is 2.87. The Morgan fingerprint density at radius 3 is 2.76 bits per heavy atom. The predicted molar refractivity (Wildman–Crippen MR) is 76.1 cm³/mol. The summed E-state index contributed by atoms with van der Waals surface area (Å²) in [5.41, 5.74) is 1.00. The van der Waals surface area contributed by atoms with E-state index in [9.17, 15) is 9.59 Å². The van der Waals surface area contributed by atoms with Crippen LogP contribution in [0.15, 0.2) is 30.3 Å². The van der Waals surface area contributed by atoms with Crippen LogP contribution in [-0.2, 0) is 20.9 Å². The lowest BCUT2D eigenvalue weighted by Crippen LogP contribution is -2.44. The first-order valence-electron chi connectivity index (χ1n) is 6.83. The molecule has 1 heterocycles. The van der Waals surface area contributed by atoms with Crippen LogP contribution in [0, 0.1) is 5.92 Å². The summed E-state index contributed by atoms with van der Waals surface area (Å²) in [5, 5.41) is 1.17. The van der Waals surface area contributed by atoms with Crippen molar-refractivity contribution in [2.45, 2.75) is 19.5 Å². The first-order chi connectivity index (χ1) is 10.0. The Hall–Kier alpha value is -2.08. The fraction of sp³-hybridized carbons (Fsp3) is 0.467. The maximum Gasteiger partial charge on any atom is 0.410 e. The Morgan fingerprint density at radius 1 is 1.48 bits per heavy atom. The Bertz CT molecular complexity index is 506. The number of cyclic esters (lactones) is 1. The second kappa shape index (κ2) is 6.58. The normalized spacial score (nSPS) is 19.3. The molecule has 1 saturated heterocycles. The fourth-order valence-corrected chi connectivity index (χ4v) is 2.38. The van der Waals surface area contributed by atoms with Gasteiger partial charge in [-0.1, -0.05) is 37.3 Å². The van der Waals surface area contributed by atoms with Gasteiger partial charge >= 0.3 is 6.09 Å². The van der Waals surface area contributed by atoms with Crippen LogP contribution in [0.4, 0.5) is 4.79 Å². The van der Waals surface area contributed by atoms with Gasteiger partial charge in [0.05, 0.1) is 19.1 Å². The van der Waals surface area contributed by atoms with Crippen molar-refractivity contribution >= 4 is 12.0 Å². The van der Waals surface area contributed by atoms with E-state index < -0.39 is 5.92 Å². The second-order valence-corrected chi connectivity index (χ2v) is 5.06. The van der Waals surface area contributed by atoms with Crippen LogP contribution in [0.5, 0.6) is 0 Å². The van der Waals surface area contributed by atoms with Gasteiger partial charge in [0.25, 0.3) is 5.91 Å². The summed E-state index contributed by atoms with van der Waals surface area (Å²) in [7, 11) is 2.99. The minimum atomic E-state index is -0.398. The highest BCUT2D eigenvalue weighted by Crippen LogP contribution is 2.23. The van der Waals surface area contributed by atoms with E-state index in [0.29, 0.717) is 6.54 Å². The zero-order valence-corrected chi connectivity index (χ0v) is 12.5. The molecule has 0 spiro atoms. The molecule has 0 radical (unpaired) electrons. The van der Waals surface area contributed by atoms with Crippen molar-refractivity contribution in [2.75, 3.05) is 20.8 Å². The van der Waals surface area contributed by atoms with Gasteiger partial charge in [0.15, 0.2) is 0 Å². The number of amides is 2. The van der Waals surface area contributed by atoms with Gasteiger partial charge in [-0.25, -0.2) is 9.86 Å². The molecule has 1 aromatic rings. The monoisotopic (exact) mass is 292 g/mol. The standard InChI is InChI=1S/C15H20N2O4/c1-11(14(18)16(2)20-3)13-10-21-15(19)17(13)9-12-7-5-4-6-8-12/h4-8,11,13H,9-10H2,1-3H3/t11-,13-/m1/s1. The third-order valence-electron chi connectivity index (χ3n) is 3.76. The molecule has 1 aliphatic rings. The summed E-state index contributed by atoms with van der Waals surface area (Å²) < 4.78 is 5.11. The average molecular weight is 292 g/mol. The molecule has 114 valence electrons. The van der Waals surface area contributed by atoms with Crippen molar-refractivity contribution in [3.63, 3.8) is 0 Å². The van der Waals surface area contributed by atoms with Crippen molar-refractivity contribution in [2.24, 2.45) is 5.92 Å². The van der Waals surface area contributed by atoms with Crippen LogP contribution in [0.3, 0.4) is 0 Å². The molecular formula is C15H20N2O4. The van der Waals surface area contributed by atoms with Crippen molar-refractivity contribution in [3.8, 4) is 0 Å². The summed E-state index contributed by atoms with van der Waals surface area (Å²) in [5.74, 6) is -0.580. The summed E-state index contributed by atoms with van der Waals surface area (Å²) in [6, 6.07) is 9.34. The number of benzene rings is 1. The van der Waals surface area contributed by atoms with Crippen LogP contribution >= 0.6 is 0 Å². The van der Waals surface area contributed by atoms with Gasteiger partial charge in [0.1, 0.15) is 6.61 Å². The SMILES string of the molecule is CON(C)C(=O)[C@H](C)[C@H]1COC(=O)N1Cc1ccccc1. The van der Waals surface area contributed by atoms with Crippen LogP contribution in [0.25, 0.3) is 0 Å². The summed E-state index contributed by atoms with van der Waals surface area (Å²) in [4.78, 5) is 30.6. The minimum absolute atomic E-state index is 0.182. The zero-order chi connectivity index (χ0) is 15.4. The van der Waals surface area contributed by atoms with Gasteiger partial charge in [-0.2, -0.15) is 0 Å². The number of hydrogen-bond acceptors (Lipinski definition) is 4. The molecule has 0 bridgehead atoms. The van der Waals surface area contributed by atoms with Crippen LogP contribution < -0.4 is 0 Å². The molecule has 2 amide bonds. The molecule has 2 rings (SSSR count). The Balaban J connectivity index is 2.11. The second-order valence-electron chi connectivity index (χ2n) is 5.06. The number of carbonyl (C=O) groups is 2. The van der Waals surface area contributed by atoms with E-state index in [1.54, 1.807) is 18.9 Å². The lowest BCUT2D eigenvalue weighted by atomic mass is 10.0. The Labute approximate surface area is 124 Å². The van der Waals surface area contributed by atoms with Crippen molar-refractivity contribution in [1.29, 1.82) is 0 Å². The van der Waals surface area contributed by atoms with Crippen molar-refractivity contribution < 1.29 is 19.2 Å². The minimum Gasteiger partial charge on any atom is -0.447 e. The molecule has 0 aliphatic carbocycles. The summed E-state index contributed by atoms with van der Waals surface area (Å²) >= 11 is 0. The van der Waals surface area contributed by atoms with E-state index in [1.165, 1.54) is 12.2 Å². The van der Waals surface area contributed by atoms with E-state index in [-0.39, 0.29) is 24.6 Å². The van der Waals surface area contributed by atoms with E-state index >= 15 is 0 Å². The Morgan fingerprint density at radius 2 is 2.14 bits per heavy atom. The summed E-state index contributed by atoms with van der Waals surface area (Å²) in [6.07, 6.45) is -0.386. The van der Waals surface area contributed by atoms with E-state index in [4.69, 9.17) is 9.57 Å². The Kier molecular flexibility index (Phi) is 4.80. The molecule has 21 heavy (non-hydrogen) atoms. The lowest BCUT2D eigenvalue weighted by molar-refractivity contribution is -0.174. The van der Waals surface area contributed by atoms with Gasteiger partial charge in [-0.3, -0.25) is 14.5 Å². The summed E-state index contributed by atoms with van der Waals surface area (Å²) in [6.45, 7) is 2.43. The first-order valence-corrected chi connectivity index (χ1v) is 6.83. The number of rotatable bonds is 5. The molecule has 1 fully saturated rings. The predicted octanol–water partition coefficient (Wildman–Crippen LogP) is 1.66. The molecule has 1 aromatic carbocycles. The number of hydroxylamine groups is 2. The highest BCUT2D eigenvalue weighted by molar-refractivity contribution is 5.80. The number of nitrogens with zero attached hydrogens (tertiary/aromatic N) is 2. The molecular weight excluding hydrogens is 272 g/mol. The molecule has 2 atom stereocenters. The third kappa shape index (κ3) is 3.33. The van der Waals surface area contributed by atoms with Crippen molar-refractivity contribution in [3.05, 3.63) is 35.9 Å². The molecule has 0 saturated carbocycles. The van der Waals surface area contributed by atoms with Gasteiger partial charge < -0.3 is 4.74 Å². The van der Waals surface area contributed by atoms with E-state index in [1.807, 2.05) is 30.3 Å². The van der Waals surface area contributed by atoms with E-state index in [2.05, 4.69) is 0 Å². The largest absolute Gasteiger partial charge is 0.447 e. The lowest BCUT2D eigenvalue weighted by Gasteiger charge is -2.28. The molecule has 1 aliphatic heterocycles. The maximum atomic E-state index is 12.2. The topological polar surface area (TPSA) is 59.1 Å². The highest BCUT2D eigenvalue weighted by Gasteiger charge is 2.40. The highest BCUT2D eigenvalue weighted by atomic mass is 16.7. The molecule has 6 nitrogen and oxygen atoms in total. The fourth-order valence-electron chi connectivity index (χ4n) is 2.38. The quantitative estimate of drug-likeness (QED) is 0.775. The molecule has 0 N–H and O–H groups in total. The molecule has 0 unspecified atom stereocenters. The third-order valence-corrected chi connectivity index (χ3v) is 3.76. The molecule has 6 heteroatoms. The van der Waals surface area contributed by atoms with Gasteiger partial charge in [0, 0.05) is 13.6 Å². The van der Waals surface area contributed by atoms with Gasteiger partial charge in [-0.05, 0) is 5.56 Å². The first kappa shape index (κ1) is 15.3. The smallest absolute Gasteiger partial charge is 0.410 e.